The van der Waals surface area contributed by atoms with Gasteiger partial charge in [-0.05, 0) is 6.42 Å². The van der Waals surface area contributed by atoms with E-state index in [0.29, 0.717) is 6.42 Å². The third-order valence-electron chi connectivity index (χ3n) is 1.52. The highest BCUT2D eigenvalue weighted by Gasteiger charge is 2.08. The van der Waals surface area contributed by atoms with Gasteiger partial charge in [-0.15, -0.1) is 0 Å². The molecule has 0 saturated heterocycles. The molecule has 0 spiro atoms. The van der Waals surface area contributed by atoms with Gasteiger partial charge in [0.2, 0.25) is 0 Å². The van der Waals surface area contributed by atoms with Crippen LogP contribution in [0.5, 0.6) is 0 Å². The third-order valence-corrected chi connectivity index (χ3v) is 1.52. The molecule has 3 nitrogen and oxygen atoms in total. The molecule has 62 valence electrons. The molecule has 0 heterocycles. The van der Waals surface area contributed by atoms with Gasteiger partial charge in [-0.3, -0.25) is 0 Å². The number of aliphatic hydroxyl groups excluding tert-OH is 1. The van der Waals surface area contributed by atoms with Gasteiger partial charge in [-0.25, -0.2) is 0 Å². The fraction of sp³-hybridized carbons (Fsp3) is 1.00. The van der Waals surface area contributed by atoms with Gasteiger partial charge < -0.3 is 15.9 Å². The lowest BCUT2D eigenvalue weighted by atomic mass is 10.1. The van der Waals surface area contributed by atoms with E-state index in [0.717, 1.165) is 19.3 Å². The third kappa shape index (κ3) is 4.73. The highest BCUT2D eigenvalue weighted by molar-refractivity contribution is 4.61. The van der Waals surface area contributed by atoms with Crippen LogP contribution in [-0.4, -0.2) is 22.5 Å². The Kier molecular flexibility index (Phi) is 5.58. The highest BCUT2D eigenvalue weighted by Crippen LogP contribution is 2.02. The van der Waals surface area contributed by atoms with E-state index < -0.39 is 12.3 Å². The lowest BCUT2D eigenvalue weighted by molar-refractivity contribution is -0.0599. The summed E-state index contributed by atoms with van der Waals surface area (Å²) in [4.78, 5) is 0. The van der Waals surface area contributed by atoms with Gasteiger partial charge in [0.25, 0.3) is 0 Å². The Morgan fingerprint density at radius 3 is 2.30 bits per heavy atom. The molecule has 0 bridgehead atoms. The standard InChI is InChI=1S/C7H17NO2/c1-2-3-4-5-6(8)7(9)10/h6-7,9-10H,2-5,8H2,1H3/t6-/m0/s1. The molecule has 0 unspecified atom stereocenters. The summed E-state index contributed by atoms with van der Waals surface area (Å²) in [5.74, 6) is 0. The molecule has 0 radical (unpaired) electrons. The summed E-state index contributed by atoms with van der Waals surface area (Å²) in [5, 5.41) is 17.1. The Morgan fingerprint density at radius 1 is 1.30 bits per heavy atom. The molecule has 0 aliphatic heterocycles. The number of nitrogens with two attached hydrogens (primary N) is 1. The Morgan fingerprint density at radius 2 is 1.90 bits per heavy atom. The topological polar surface area (TPSA) is 66.5 Å². The molecule has 0 saturated carbocycles. The molecule has 0 amide bonds. The quantitative estimate of drug-likeness (QED) is 0.384. The first kappa shape index (κ1) is 9.88. The highest BCUT2D eigenvalue weighted by atomic mass is 16.5. The number of hydrogen-bond acceptors (Lipinski definition) is 3. The lowest BCUT2D eigenvalue weighted by Gasteiger charge is -2.12. The van der Waals surface area contributed by atoms with Crippen LogP contribution in [0.1, 0.15) is 32.6 Å². The van der Waals surface area contributed by atoms with E-state index in [1.165, 1.54) is 0 Å². The van der Waals surface area contributed by atoms with Crippen molar-refractivity contribution < 1.29 is 10.2 Å². The fourth-order valence-electron chi connectivity index (χ4n) is 0.779. The second-order valence-electron chi connectivity index (χ2n) is 2.57. The monoisotopic (exact) mass is 147 g/mol. The minimum Gasteiger partial charge on any atom is -0.367 e. The zero-order valence-corrected chi connectivity index (χ0v) is 6.45. The Hall–Kier alpha value is -0.120. The second kappa shape index (κ2) is 5.65. The predicted octanol–water partition coefficient (Wildman–Crippen LogP) is 0.205. The number of unbranched alkanes of at least 4 members (excludes halogenated alkanes) is 2. The van der Waals surface area contributed by atoms with E-state index in [2.05, 4.69) is 6.92 Å². The fourth-order valence-corrected chi connectivity index (χ4v) is 0.779. The van der Waals surface area contributed by atoms with Crippen molar-refractivity contribution in [3.05, 3.63) is 0 Å². The maximum atomic E-state index is 8.55. The van der Waals surface area contributed by atoms with Crippen LogP contribution in [0.2, 0.25) is 0 Å². The number of hydrogen-bond donors (Lipinski definition) is 3. The van der Waals surface area contributed by atoms with Crippen LogP contribution in [0.3, 0.4) is 0 Å². The number of rotatable bonds is 5. The molecule has 0 aromatic rings. The van der Waals surface area contributed by atoms with Crippen molar-refractivity contribution in [1.82, 2.24) is 0 Å². The lowest BCUT2D eigenvalue weighted by Crippen LogP contribution is -2.34. The molecule has 0 aromatic carbocycles. The number of aliphatic hydroxyl groups is 2. The Labute approximate surface area is 61.9 Å². The van der Waals surface area contributed by atoms with Crippen LogP contribution >= 0.6 is 0 Å². The van der Waals surface area contributed by atoms with Crippen molar-refractivity contribution in [2.24, 2.45) is 5.73 Å². The van der Waals surface area contributed by atoms with Crippen molar-refractivity contribution in [2.45, 2.75) is 44.9 Å². The van der Waals surface area contributed by atoms with Crippen LogP contribution in [0, 0.1) is 0 Å². The molecule has 3 heteroatoms. The van der Waals surface area contributed by atoms with Gasteiger partial charge in [0.15, 0.2) is 6.29 Å². The first-order chi connectivity index (χ1) is 4.68. The molecule has 0 rings (SSSR count). The maximum absolute atomic E-state index is 8.55. The normalized spacial score (nSPS) is 14.1. The van der Waals surface area contributed by atoms with E-state index >= 15 is 0 Å². The van der Waals surface area contributed by atoms with E-state index in [1.54, 1.807) is 0 Å². The molecule has 10 heavy (non-hydrogen) atoms. The molecular weight excluding hydrogens is 130 g/mol. The zero-order chi connectivity index (χ0) is 7.98. The maximum Gasteiger partial charge on any atom is 0.166 e. The van der Waals surface area contributed by atoms with E-state index in [1.807, 2.05) is 0 Å². The van der Waals surface area contributed by atoms with Gasteiger partial charge in [-0.2, -0.15) is 0 Å². The Bertz CT molecular complexity index is 76.0. The minimum atomic E-state index is -1.35. The summed E-state index contributed by atoms with van der Waals surface area (Å²) < 4.78 is 0. The first-order valence-corrected chi connectivity index (χ1v) is 3.80. The molecule has 0 fully saturated rings. The molecule has 0 aliphatic rings. The molecular formula is C7H17NO2. The van der Waals surface area contributed by atoms with E-state index in [-0.39, 0.29) is 0 Å². The van der Waals surface area contributed by atoms with Crippen molar-refractivity contribution in [1.29, 1.82) is 0 Å². The van der Waals surface area contributed by atoms with Crippen molar-refractivity contribution >= 4 is 0 Å². The molecule has 0 aromatic heterocycles. The zero-order valence-electron chi connectivity index (χ0n) is 6.45. The summed E-state index contributed by atoms with van der Waals surface area (Å²) in [6, 6.07) is -0.466. The SMILES string of the molecule is CCCCC[C@H](N)C(O)O. The Balaban J connectivity index is 3.13. The molecule has 0 aliphatic carbocycles. The second-order valence-corrected chi connectivity index (χ2v) is 2.57. The van der Waals surface area contributed by atoms with Gasteiger partial charge in [-0.1, -0.05) is 26.2 Å². The summed E-state index contributed by atoms with van der Waals surface area (Å²) in [5.41, 5.74) is 5.36. The van der Waals surface area contributed by atoms with Crippen molar-refractivity contribution in [3.8, 4) is 0 Å². The summed E-state index contributed by atoms with van der Waals surface area (Å²) in [6.07, 6.45) is 2.58. The van der Waals surface area contributed by atoms with Crippen molar-refractivity contribution in [3.63, 3.8) is 0 Å². The first-order valence-electron chi connectivity index (χ1n) is 3.80. The predicted molar refractivity (Wildman–Crippen MR) is 40.3 cm³/mol. The average Bonchev–Trinajstić information content (AvgIpc) is 1.88. The van der Waals surface area contributed by atoms with Crippen LogP contribution < -0.4 is 5.73 Å². The van der Waals surface area contributed by atoms with Crippen molar-refractivity contribution in [2.75, 3.05) is 0 Å². The summed E-state index contributed by atoms with van der Waals surface area (Å²) in [7, 11) is 0. The van der Waals surface area contributed by atoms with E-state index in [9.17, 15) is 0 Å². The van der Waals surface area contributed by atoms with Crippen LogP contribution in [0.4, 0.5) is 0 Å². The van der Waals surface area contributed by atoms with Crippen LogP contribution in [-0.2, 0) is 0 Å². The smallest absolute Gasteiger partial charge is 0.166 e. The van der Waals surface area contributed by atoms with Gasteiger partial charge in [0.05, 0.1) is 6.04 Å². The average molecular weight is 147 g/mol. The van der Waals surface area contributed by atoms with Crippen LogP contribution in [0.15, 0.2) is 0 Å². The van der Waals surface area contributed by atoms with E-state index in [4.69, 9.17) is 15.9 Å². The summed E-state index contributed by atoms with van der Waals surface area (Å²) in [6.45, 7) is 2.10. The van der Waals surface area contributed by atoms with Gasteiger partial charge in [0, 0.05) is 0 Å². The largest absolute Gasteiger partial charge is 0.367 e. The minimum absolute atomic E-state index is 0.466. The molecule has 1 atom stereocenters. The molecule has 4 N–H and O–H groups in total. The summed E-state index contributed by atoms with van der Waals surface area (Å²) >= 11 is 0. The van der Waals surface area contributed by atoms with Gasteiger partial charge in [0.1, 0.15) is 0 Å². The van der Waals surface area contributed by atoms with Crippen LogP contribution in [0.25, 0.3) is 0 Å². The van der Waals surface area contributed by atoms with Gasteiger partial charge >= 0.3 is 0 Å².